The molecule has 2 aromatic heterocycles. The zero-order chi connectivity index (χ0) is 14.8. The summed E-state index contributed by atoms with van der Waals surface area (Å²) >= 11 is 1.46. The number of nitriles is 1. The number of hydrogen-bond donors (Lipinski definition) is 1. The fourth-order valence-corrected chi connectivity index (χ4v) is 3.69. The molecule has 0 aliphatic heterocycles. The van der Waals surface area contributed by atoms with Crippen LogP contribution < -0.4 is 5.32 Å². The zero-order valence-corrected chi connectivity index (χ0v) is 12.0. The Morgan fingerprint density at radius 3 is 2.90 bits per heavy atom. The van der Waals surface area contributed by atoms with Gasteiger partial charge in [0, 0.05) is 11.1 Å². The van der Waals surface area contributed by atoms with Crippen molar-refractivity contribution in [2.24, 2.45) is 0 Å². The van der Waals surface area contributed by atoms with E-state index in [9.17, 15) is 14.4 Å². The van der Waals surface area contributed by atoms with Crippen molar-refractivity contribution < 1.29 is 9.18 Å². The van der Waals surface area contributed by atoms with E-state index in [0.717, 1.165) is 37.3 Å². The second kappa shape index (κ2) is 5.62. The van der Waals surface area contributed by atoms with Crippen LogP contribution in [0.25, 0.3) is 0 Å². The molecule has 1 aliphatic rings. The van der Waals surface area contributed by atoms with Gasteiger partial charge in [-0.25, -0.2) is 4.98 Å². The van der Waals surface area contributed by atoms with Crippen LogP contribution in [0.15, 0.2) is 18.3 Å². The summed E-state index contributed by atoms with van der Waals surface area (Å²) in [5.74, 6) is -1.01. The first-order valence-corrected chi connectivity index (χ1v) is 7.48. The number of halogens is 1. The van der Waals surface area contributed by atoms with Gasteiger partial charge in [0.1, 0.15) is 11.1 Å². The number of amides is 1. The first-order chi connectivity index (χ1) is 10.2. The third-order valence-electron chi connectivity index (χ3n) is 3.50. The molecule has 4 nitrogen and oxygen atoms in total. The number of aryl methyl sites for hydroxylation is 1. The number of nitrogens with one attached hydrogen (secondary N) is 1. The molecule has 0 spiro atoms. The SMILES string of the molecule is N#Cc1c(NC(=O)c2ccc(F)nc2)sc2c1CCCC2. The molecule has 0 fully saturated rings. The lowest BCUT2D eigenvalue weighted by Crippen LogP contribution is -2.12. The Kier molecular flexibility index (Phi) is 3.67. The molecule has 21 heavy (non-hydrogen) atoms. The summed E-state index contributed by atoms with van der Waals surface area (Å²) in [5, 5.41) is 12.7. The number of anilines is 1. The van der Waals surface area contributed by atoms with Gasteiger partial charge < -0.3 is 5.32 Å². The Balaban J connectivity index is 1.88. The number of carbonyl (C=O) groups excluding carboxylic acids is 1. The summed E-state index contributed by atoms with van der Waals surface area (Å²) < 4.78 is 12.8. The van der Waals surface area contributed by atoms with Crippen molar-refractivity contribution in [3.63, 3.8) is 0 Å². The van der Waals surface area contributed by atoms with Gasteiger partial charge in [-0.05, 0) is 43.4 Å². The molecular weight excluding hydrogens is 289 g/mol. The van der Waals surface area contributed by atoms with Crippen molar-refractivity contribution >= 4 is 22.2 Å². The minimum Gasteiger partial charge on any atom is -0.312 e. The van der Waals surface area contributed by atoms with Crippen LogP contribution >= 0.6 is 11.3 Å². The number of carbonyl (C=O) groups is 1. The van der Waals surface area contributed by atoms with Gasteiger partial charge in [0.05, 0.1) is 11.1 Å². The smallest absolute Gasteiger partial charge is 0.257 e. The Labute approximate surface area is 125 Å². The van der Waals surface area contributed by atoms with Gasteiger partial charge in [0.2, 0.25) is 5.95 Å². The average Bonchev–Trinajstić information content (AvgIpc) is 2.84. The second-order valence-corrected chi connectivity index (χ2v) is 5.96. The molecule has 0 atom stereocenters. The topological polar surface area (TPSA) is 65.8 Å². The number of thiophene rings is 1. The standard InChI is InChI=1S/C15H12FN3OS/c16-13-6-5-9(8-18-13)14(20)19-15-11(7-17)10-3-1-2-4-12(10)21-15/h5-6,8H,1-4H2,(H,19,20). The van der Waals surface area contributed by atoms with Crippen LogP contribution in [-0.4, -0.2) is 10.9 Å². The molecule has 0 saturated carbocycles. The Hall–Kier alpha value is -2.26. The normalized spacial score (nSPS) is 13.3. The van der Waals surface area contributed by atoms with Crippen molar-refractivity contribution in [3.8, 4) is 6.07 Å². The molecule has 0 saturated heterocycles. The van der Waals surface area contributed by atoms with Crippen molar-refractivity contribution in [2.75, 3.05) is 5.32 Å². The first kappa shape index (κ1) is 13.7. The zero-order valence-electron chi connectivity index (χ0n) is 11.1. The number of rotatable bonds is 2. The number of nitrogens with zero attached hydrogens (tertiary/aromatic N) is 2. The predicted molar refractivity (Wildman–Crippen MR) is 77.8 cm³/mol. The van der Waals surface area contributed by atoms with Gasteiger partial charge in [0.25, 0.3) is 5.91 Å². The maximum Gasteiger partial charge on any atom is 0.257 e. The molecule has 2 aromatic rings. The summed E-state index contributed by atoms with van der Waals surface area (Å²) in [6, 6.07) is 4.70. The van der Waals surface area contributed by atoms with Crippen LogP contribution in [0.2, 0.25) is 0 Å². The molecule has 6 heteroatoms. The summed E-state index contributed by atoms with van der Waals surface area (Å²) in [4.78, 5) is 16.8. The first-order valence-electron chi connectivity index (χ1n) is 6.66. The third kappa shape index (κ3) is 2.65. The molecule has 106 valence electrons. The lowest BCUT2D eigenvalue weighted by Gasteiger charge is -2.09. The van der Waals surface area contributed by atoms with E-state index in [1.807, 2.05) is 0 Å². The molecule has 0 radical (unpaired) electrons. The lowest BCUT2D eigenvalue weighted by atomic mass is 9.96. The maximum absolute atomic E-state index is 12.8. The van der Waals surface area contributed by atoms with Crippen LogP contribution in [0, 0.1) is 17.3 Å². The number of fused-ring (bicyclic) bond motifs is 1. The van der Waals surface area contributed by atoms with Crippen LogP contribution in [-0.2, 0) is 12.8 Å². The van der Waals surface area contributed by atoms with E-state index >= 15 is 0 Å². The van der Waals surface area contributed by atoms with E-state index in [-0.39, 0.29) is 11.5 Å². The number of pyridine rings is 1. The Morgan fingerprint density at radius 2 is 2.19 bits per heavy atom. The lowest BCUT2D eigenvalue weighted by molar-refractivity contribution is 0.102. The molecule has 1 N–H and O–H groups in total. The molecule has 0 aromatic carbocycles. The number of aromatic nitrogens is 1. The highest BCUT2D eigenvalue weighted by molar-refractivity contribution is 7.16. The van der Waals surface area contributed by atoms with Crippen molar-refractivity contribution in [1.82, 2.24) is 4.98 Å². The van der Waals surface area contributed by atoms with E-state index < -0.39 is 5.95 Å². The monoisotopic (exact) mass is 301 g/mol. The van der Waals surface area contributed by atoms with Gasteiger partial charge in [0.15, 0.2) is 0 Å². The number of hydrogen-bond acceptors (Lipinski definition) is 4. The summed E-state index contributed by atoms with van der Waals surface area (Å²) in [5.41, 5.74) is 1.91. The van der Waals surface area contributed by atoms with Gasteiger partial charge in [-0.2, -0.15) is 9.65 Å². The molecule has 0 bridgehead atoms. The summed E-state index contributed by atoms with van der Waals surface area (Å²) in [6.45, 7) is 0. The van der Waals surface area contributed by atoms with Crippen LogP contribution in [0.4, 0.5) is 9.39 Å². The highest BCUT2D eigenvalue weighted by atomic mass is 32.1. The largest absolute Gasteiger partial charge is 0.312 e. The van der Waals surface area contributed by atoms with Crippen LogP contribution in [0.1, 0.15) is 39.2 Å². The summed E-state index contributed by atoms with van der Waals surface area (Å²) in [6.07, 6.45) is 5.23. The molecule has 1 amide bonds. The van der Waals surface area contributed by atoms with Gasteiger partial charge in [-0.1, -0.05) is 0 Å². The molecule has 0 unspecified atom stereocenters. The Bertz CT molecular complexity index is 731. The van der Waals surface area contributed by atoms with E-state index in [1.165, 1.54) is 28.5 Å². The second-order valence-electron chi connectivity index (χ2n) is 4.85. The Morgan fingerprint density at radius 1 is 1.38 bits per heavy atom. The van der Waals surface area contributed by atoms with Crippen molar-refractivity contribution in [2.45, 2.75) is 25.7 Å². The van der Waals surface area contributed by atoms with Gasteiger partial charge in [-0.15, -0.1) is 11.3 Å². The van der Waals surface area contributed by atoms with Crippen molar-refractivity contribution in [1.29, 1.82) is 5.26 Å². The van der Waals surface area contributed by atoms with E-state index in [4.69, 9.17) is 0 Å². The molecule has 2 heterocycles. The van der Waals surface area contributed by atoms with Gasteiger partial charge in [-0.3, -0.25) is 4.79 Å². The van der Waals surface area contributed by atoms with E-state index in [2.05, 4.69) is 16.4 Å². The van der Waals surface area contributed by atoms with E-state index in [0.29, 0.717) is 10.6 Å². The third-order valence-corrected chi connectivity index (χ3v) is 4.71. The van der Waals surface area contributed by atoms with Crippen LogP contribution in [0.3, 0.4) is 0 Å². The highest BCUT2D eigenvalue weighted by Crippen LogP contribution is 2.37. The van der Waals surface area contributed by atoms with E-state index in [1.54, 1.807) is 0 Å². The quantitative estimate of drug-likeness (QED) is 0.866. The van der Waals surface area contributed by atoms with Crippen molar-refractivity contribution in [3.05, 3.63) is 45.8 Å². The van der Waals surface area contributed by atoms with Gasteiger partial charge >= 0.3 is 0 Å². The fourth-order valence-electron chi connectivity index (χ4n) is 2.46. The highest BCUT2D eigenvalue weighted by Gasteiger charge is 2.22. The fraction of sp³-hybridized carbons (Fsp3) is 0.267. The molecule has 1 aliphatic carbocycles. The molecular formula is C15H12FN3OS. The summed E-state index contributed by atoms with van der Waals surface area (Å²) in [7, 11) is 0. The predicted octanol–water partition coefficient (Wildman–Crippen LogP) is 3.28. The molecule has 3 rings (SSSR count). The average molecular weight is 301 g/mol. The minimum atomic E-state index is -0.629. The van der Waals surface area contributed by atoms with Crippen LogP contribution in [0.5, 0.6) is 0 Å². The maximum atomic E-state index is 12.8. The minimum absolute atomic E-state index is 0.270.